The number of ether oxygens (including phenoxy) is 2. The molecule has 2 aromatic heterocycles. The van der Waals surface area contributed by atoms with Gasteiger partial charge in [0.15, 0.2) is 17.1 Å². The maximum absolute atomic E-state index is 5.63. The summed E-state index contributed by atoms with van der Waals surface area (Å²) in [5.41, 5.74) is 6.04. The molecule has 0 atom stereocenters. The molecule has 0 bridgehead atoms. The molecule has 0 fully saturated rings. The van der Waals surface area contributed by atoms with E-state index in [0.717, 1.165) is 22.0 Å². The smallest absolute Gasteiger partial charge is 0.265 e. The number of benzene rings is 2. The third-order valence-electron chi connectivity index (χ3n) is 4.07. The number of H-pyrrole nitrogens is 1. The van der Waals surface area contributed by atoms with Crippen LogP contribution in [0.25, 0.3) is 22.1 Å². The Bertz CT molecular complexity index is 1140. The number of rotatable bonds is 7. The third-order valence-corrected chi connectivity index (χ3v) is 4.07. The van der Waals surface area contributed by atoms with Crippen molar-refractivity contribution in [2.45, 2.75) is 13.8 Å². The van der Waals surface area contributed by atoms with Crippen molar-refractivity contribution in [3.05, 3.63) is 48.0 Å². The number of aromatic amines is 1. The molecular weight excluding hydrogens is 356 g/mol. The fraction of sp³-hybridized carbons (Fsp3) is 0.200. The second-order valence-electron chi connectivity index (χ2n) is 5.95. The summed E-state index contributed by atoms with van der Waals surface area (Å²) in [6, 6.07) is 13.5. The summed E-state index contributed by atoms with van der Waals surface area (Å²) in [6.45, 7) is 5.01. The largest absolute Gasteiger partial charge is 0.490 e. The molecular formula is C20H20N6O2. The van der Waals surface area contributed by atoms with Gasteiger partial charge in [0, 0.05) is 10.9 Å². The van der Waals surface area contributed by atoms with E-state index in [2.05, 4.69) is 30.7 Å². The van der Waals surface area contributed by atoms with Crippen molar-refractivity contribution >= 4 is 34.2 Å². The Morgan fingerprint density at radius 1 is 1.04 bits per heavy atom. The third kappa shape index (κ3) is 3.57. The zero-order chi connectivity index (χ0) is 19.3. The molecule has 0 saturated carbocycles. The van der Waals surface area contributed by atoms with Gasteiger partial charge in [0.05, 0.1) is 19.4 Å². The number of hydrogen-bond donors (Lipinski definition) is 2. The number of anilines is 1. The summed E-state index contributed by atoms with van der Waals surface area (Å²) in [4.78, 5) is 7.66. The minimum atomic E-state index is 0.311. The number of nitrogens with one attached hydrogen (secondary N) is 2. The van der Waals surface area contributed by atoms with Crippen molar-refractivity contribution in [2.75, 3.05) is 18.6 Å². The lowest BCUT2D eigenvalue weighted by Gasteiger charge is -2.11. The van der Waals surface area contributed by atoms with Gasteiger partial charge >= 0.3 is 0 Å². The van der Waals surface area contributed by atoms with Gasteiger partial charge in [0.25, 0.3) is 5.95 Å². The molecule has 142 valence electrons. The molecule has 2 aromatic carbocycles. The van der Waals surface area contributed by atoms with E-state index in [1.165, 1.54) is 0 Å². The van der Waals surface area contributed by atoms with Gasteiger partial charge in [-0.2, -0.15) is 10.1 Å². The average molecular weight is 376 g/mol. The second-order valence-corrected chi connectivity index (χ2v) is 5.95. The number of fused-ring (bicyclic) bond motifs is 3. The quantitative estimate of drug-likeness (QED) is 0.377. The molecule has 8 heteroatoms. The number of aromatic nitrogens is 4. The van der Waals surface area contributed by atoms with E-state index in [9.17, 15) is 0 Å². The van der Waals surface area contributed by atoms with E-state index in [1.807, 2.05) is 56.3 Å². The lowest BCUT2D eigenvalue weighted by molar-refractivity contribution is 0.288. The van der Waals surface area contributed by atoms with Crippen molar-refractivity contribution < 1.29 is 9.47 Å². The van der Waals surface area contributed by atoms with Crippen LogP contribution in [0.15, 0.2) is 47.6 Å². The molecule has 8 nitrogen and oxygen atoms in total. The summed E-state index contributed by atoms with van der Waals surface area (Å²) in [5.74, 6) is 1.71. The monoisotopic (exact) mass is 376 g/mol. The maximum atomic E-state index is 5.63. The molecule has 0 aliphatic carbocycles. The van der Waals surface area contributed by atoms with E-state index in [4.69, 9.17) is 9.47 Å². The summed E-state index contributed by atoms with van der Waals surface area (Å²) in [6.07, 6.45) is 1.66. The van der Waals surface area contributed by atoms with Gasteiger partial charge in [-0.25, -0.2) is 5.43 Å². The first-order chi connectivity index (χ1) is 13.8. The first-order valence-electron chi connectivity index (χ1n) is 9.08. The van der Waals surface area contributed by atoms with Crippen molar-refractivity contribution in [3.63, 3.8) is 0 Å². The van der Waals surface area contributed by atoms with Gasteiger partial charge in [-0.1, -0.05) is 18.2 Å². The van der Waals surface area contributed by atoms with Crippen LogP contribution in [0.3, 0.4) is 0 Å². The van der Waals surface area contributed by atoms with Gasteiger partial charge in [-0.05, 0) is 43.7 Å². The van der Waals surface area contributed by atoms with Gasteiger partial charge in [-0.3, -0.25) is 0 Å². The second kappa shape index (κ2) is 7.91. The molecule has 0 unspecified atom stereocenters. The Morgan fingerprint density at radius 3 is 2.71 bits per heavy atom. The minimum absolute atomic E-state index is 0.311. The Morgan fingerprint density at radius 2 is 1.86 bits per heavy atom. The summed E-state index contributed by atoms with van der Waals surface area (Å²) in [7, 11) is 0. The molecule has 2 heterocycles. The van der Waals surface area contributed by atoms with Crippen LogP contribution in [0.1, 0.15) is 19.4 Å². The lowest BCUT2D eigenvalue weighted by atomic mass is 10.2. The summed E-state index contributed by atoms with van der Waals surface area (Å²) >= 11 is 0. The van der Waals surface area contributed by atoms with Gasteiger partial charge in [-0.15, -0.1) is 10.2 Å². The standard InChI is InChI=1S/C20H20N6O2/c1-3-27-16-10-9-13(11-17(16)28-4-2)12-21-25-20-23-19-18(24-26-20)14-7-5-6-8-15(14)22-19/h5-12H,3-4H2,1-2H3,(H2,22,23,25,26)/b21-12+. The fourth-order valence-corrected chi connectivity index (χ4v) is 2.88. The van der Waals surface area contributed by atoms with Crippen LogP contribution in [0.2, 0.25) is 0 Å². The highest BCUT2D eigenvalue weighted by Gasteiger charge is 2.08. The predicted molar refractivity (Wildman–Crippen MR) is 109 cm³/mol. The predicted octanol–water partition coefficient (Wildman–Crippen LogP) is 3.75. The Hall–Kier alpha value is -3.68. The highest BCUT2D eigenvalue weighted by atomic mass is 16.5. The maximum Gasteiger partial charge on any atom is 0.265 e. The van der Waals surface area contributed by atoms with Gasteiger partial charge in [0.2, 0.25) is 0 Å². The van der Waals surface area contributed by atoms with E-state index in [0.29, 0.717) is 36.3 Å². The minimum Gasteiger partial charge on any atom is -0.490 e. The molecule has 28 heavy (non-hydrogen) atoms. The zero-order valence-corrected chi connectivity index (χ0v) is 15.6. The van der Waals surface area contributed by atoms with Gasteiger partial charge < -0.3 is 14.5 Å². The van der Waals surface area contributed by atoms with Crippen molar-refractivity contribution in [3.8, 4) is 11.5 Å². The topological polar surface area (TPSA) is 97.3 Å². The fourth-order valence-electron chi connectivity index (χ4n) is 2.88. The summed E-state index contributed by atoms with van der Waals surface area (Å²) < 4.78 is 11.2. The molecule has 0 amide bonds. The Labute approximate surface area is 161 Å². The number of para-hydroxylation sites is 1. The Kier molecular flexibility index (Phi) is 5.01. The van der Waals surface area contributed by atoms with Crippen molar-refractivity contribution in [1.82, 2.24) is 20.2 Å². The molecule has 4 aromatic rings. The lowest BCUT2D eigenvalue weighted by Crippen LogP contribution is -2.00. The molecule has 0 spiro atoms. The Balaban J connectivity index is 1.52. The van der Waals surface area contributed by atoms with E-state index < -0.39 is 0 Å². The first kappa shape index (κ1) is 17.7. The van der Waals surface area contributed by atoms with E-state index >= 15 is 0 Å². The highest BCUT2D eigenvalue weighted by molar-refractivity contribution is 6.03. The highest BCUT2D eigenvalue weighted by Crippen LogP contribution is 2.28. The van der Waals surface area contributed by atoms with Crippen molar-refractivity contribution in [1.29, 1.82) is 0 Å². The molecule has 0 aliphatic heterocycles. The van der Waals surface area contributed by atoms with Crippen LogP contribution in [-0.2, 0) is 0 Å². The average Bonchev–Trinajstić information content (AvgIpc) is 3.08. The molecule has 0 aliphatic rings. The number of hydrogen-bond acceptors (Lipinski definition) is 7. The van der Waals surface area contributed by atoms with E-state index in [1.54, 1.807) is 6.21 Å². The molecule has 0 saturated heterocycles. The molecule has 4 rings (SSSR count). The van der Waals surface area contributed by atoms with E-state index in [-0.39, 0.29) is 0 Å². The number of hydrazone groups is 1. The van der Waals surface area contributed by atoms with Crippen LogP contribution in [0.4, 0.5) is 5.95 Å². The van der Waals surface area contributed by atoms with Gasteiger partial charge in [0.1, 0.15) is 5.52 Å². The normalized spacial score (nSPS) is 11.4. The first-order valence-corrected chi connectivity index (χ1v) is 9.08. The van der Waals surface area contributed by atoms with Crippen molar-refractivity contribution in [2.24, 2.45) is 5.10 Å². The van der Waals surface area contributed by atoms with Crippen LogP contribution in [0, 0.1) is 0 Å². The SMILES string of the molecule is CCOc1ccc(/C=N/Nc2nnc3c(n2)[nH]c2ccccc23)cc1OCC. The van der Waals surface area contributed by atoms with Crippen LogP contribution in [-0.4, -0.2) is 39.6 Å². The zero-order valence-electron chi connectivity index (χ0n) is 15.6. The van der Waals surface area contributed by atoms with Crippen LogP contribution in [0.5, 0.6) is 11.5 Å². The molecule has 0 radical (unpaired) electrons. The number of nitrogens with zero attached hydrogens (tertiary/aromatic N) is 4. The van der Waals surface area contributed by atoms with Crippen LogP contribution >= 0.6 is 0 Å². The summed E-state index contributed by atoms with van der Waals surface area (Å²) in [5, 5.41) is 13.5. The molecule has 2 N–H and O–H groups in total. The van der Waals surface area contributed by atoms with Crippen LogP contribution < -0.4 is 14.9 Å².